The fourth-order valence-electron chi connectivity index (χ4n) is 2.69. The van der Waals surface area contributed by atoms with Crippen molar-refractivity contribution in [1.29, 1.82) is 0 Å². The van der Waals surface area contributed by atoms with E-state index in [9.17, 15) is 4.79 Å². The zero-order valence-corrected chi connectivity index (χ0v) is 10.8. The van der Waals surface area contributed by atoms with Crippen LogP contribution < -0.4 is 11.1 Å². The number of aromatic nitrogens is 1. The monoisotopic (exact) mass is 261 g/mol. The number of rotatable bonds is 4. The lowest BCUT2D eigenvalue weighted by Crippen LogP contribution is -2.35. The molecule has 2 aliphatic rings. The number of amides is 1. The minimum Gasteiger partial charge on any atom is -0.381 e. The van der Waals surface area contributed by atoms with Crippen molar-refractivity contribution in [3.05, 3.63) is 24.0 Å². The van der Waals surface area contributed by atoms with E-state index in [1.54, 1.807) is 6.20 Å². The maximum Gasteiger partial charge on any atom is 0.252 e. The average Bonchev–Trinajstić information content (AvgIpc) is 3.24. The number of carbonyl (C=O) groups excluding carboxylic acids is 1. The molecule has 1 aromatic rings. The third-order valence-electron chi connectivity index (χ3n) is 3.91. The Morgan fingerprint density at radius 1 is 1.42 bits per heavy atom. The van der Waals surface area contributed by atoms with Gasteiger partial charge in [-0.2, -0.15) is 0 Å². The van der Waals surface area contributed by atoms with Gasteiger partial charge in [-0.15, -0.1) is 0 Å². The molecule has 102 valence electrons. The molecule has 0 radical (unpaired) electrons. The van der Waals surface area contributed by atoms with Crippen molar-refractivity contribution < 1.29 is 9.53 Å². The summed E-state index contributed by atoms with van der Waals surface area (Å²) >= 11 is 0. The third kappa shape index (κ3) is 2.87. The second-order valence-corrected chi connectivity index (χ2v) is 5.40. The van der Waals surface area contributed by atoms with E-state index in [0.29, 0.717) is 17.7 Å². The Bertz CT molecular complexity index is 474. The lowest BCUT2D eigenvalue weighted by atomic mass is 9.99. The van der Waals surface area contributed by atoms with Gasteiger partial charge in [0.05, 0.1) is 17.4 Å². The molecule has 1 aliphatic carbocycles. The van der Waals surface area contributed by atoms with Crippen molar-refractivity contribution in [3.8, 4) is 0 Å². The molecule has 19 heavy (non-hydrogen) atoms. The van der Waals surface area contributed by atoms with E-state index in [4.69, 9.17) is 10.5 Å². The van der Waals surface area contributed by atoms with Crippen LogP contribution in [0.5, 0.6) is 0 Å². The molecule has 1 amide bonds. The van der Waals surface area contributed by atoms with Crippen molar-refractivity contribution in [1.82, 2.24) is 4.98 Å². The van der Waals surface area contributed by atoms with E-state index in [2.05, 4.69) is 10.3 Å². The van der Waals surface area contributed by atoms with E-state index in [-0.39, 0.29) is 0 Å². The first kappa shape index (κ1) is 12.4. The minimum absolute atomic E-state index is 0.347. The van der Waals surface area contributed by atoms with Gasteiger partial charge in [-0.05, 0) is 37.7 Å². The van der Waals surface area contributed by atoms with Gasteiger partial charge < -0.3 is 15.8 Å². The van der Waals surface area contributed by atoms with Crippen molar-refractivity contribution in [3.63, 3.8) is 0 Å². The molecule has 5 heteroatoms. The van der Waals surface area contributed by atoms with Crippen LogP contribution >= 0.6 is 0 Å². The Labute approximate surface area is 112 Å². The first-order valence-corrected chi connectivity index (χ1v) is 6.86. The lowest BCUT2D eigenvalue weighted by Gasteiger charge is -2.31. The maximum absolute atomic E-state index is 11.4. The van der Waals surface area contributed by atoms with Gasteiger partial charge >= 0.3 is 0 Å². The number of nitrogens with one attached hydrogen (secondary N) is 1. The number of carbonyl (C=O) groups is 1. The summed E-state index contributed by atoms with van der Waals surface area (Å²) < 4.78 is 5.80. The number of nitrogens with two attached hydrogens (primary N) is 1. The molecule has 0 bridgehead atoms. The quantitative estimate of drug-likeness (QED) is 0.862. The summed E-state index contributed by atoms with van der Waals surface area (Å²) in [5.74, 6) is 0.305. The smallest absolute Gasteiger partial charge is 0.252 e. The molecule has 1 saturated heterocycles. The molecule has 2 heterocycles. The Hall–Kier alpha value is -1.62. The highest BCUT2D eigenvalue weighted by molar-refractivity contribution is 5.98. The molecule has 2 atom stereocenters. The molecule has 1 aliphatic heterocycles. The zero-order valence-electron chi connectivity index (χ0n) is 10.8. The Kier molecular flexibility index (Phi) is 3.38. The Balaban J connectivity index is 1.68. The molecule has 2 unspecified atom stereocenters. The van der Waals surface area contributed by atoms with Gasteiger partial charge in [0.25, 0.3) is 5.91 Å². The highest BCUT2D eigenvalue weighted by Crippen LogP contribution is 2.38. The molecule has 5 nitrogen and oxygen atoms in total. The summed E-state index contributed by atoms with van der Waals surface area (Å²) in [7, 11) is 0. The highest BCUT2D eigenvalue weighted by Gasteiger charge is 2.35. The SMILES string of the molecule is NC(=O)c1cnccc1NC1CCOC(C2CC2)C1. The molecule has 3 N–H and O–H groups in total. The van der Waals surface area contributed by atoms with E-state index in [1.807, 2.05) is 6.07 Å². The lowest BCUT2D eigenvalue weighted by molar-refractivity contribution is -0.00219. The van der Waals surface area contributed by atoms with Gasteiger partial charge in [0.2, 0.25) is 0 Å². The number of ether oxygens (including phenoxy) is 1. The van der Waals surface area contributed by atoms with Gasteiger partial charge in [0.1, 0.15) is 0 Å². The largest absolute Gasteiger partial charge is 0.381 e. The molecular formula is C14H19N3O2. The summed E-state index contributed by atoms with van der Waals surface area (Å²) in [4.78, 5) is 15.3. The van der Waals surface area contributed by atoms with Crippen LogP contribution in [0.4, 0.5) is 5.69 Å². The summed E-state index contributed by atoms with van der Waals surface area (Å²) in [6.45, 7) is 0.788. The highest BCUT2D eigenvalue weighted by atomic mass is 16.5. The Morgan fingerprint density at radius 2 is 2.26 bits per heavy atom. The maximum atomic E-state index is 11.4. The van der Waals surface area contributed by atoms with Gasteiger partial charge in [0, 0.05) is 25.0 Å². The zero-order chi connectivity index (χ0) is 13.2. The summed E-state index contributed by atoms with van der Waals surface area (Å²) in [6.07, 6.45) is 8.12. The molecule has 1 aromatic heterocycles. The topological polar surface area (TPSA) is 77.2 Å². The molecule has 0 spiro atoms. The van der Waals surface area contributed by atoms with Crippen molar-refractivity contribution in [2.24, 2.45) is 11.7 Å². The van der Waals surface area contributed by atoms with Crippen LogP contribution in [0.15, 0.2) is 18.5 Å². The normalized spacial score (nSPS) is 26.9. The van der Waals surface area contributed by atoms with E-state index >= 15 is 0 Å². The number of anilines is 1. The van der Waals surface area contributed by atoms with Crippen molar-refractivity contribution in [2.45, 2.75) is 37.8 Å². The molecule has 3 rings (SSSR count). The second-order valence-electron chi connectivity index (χ2n) is 5.40. The predicted octanol–water partition coefficient (Wildman–Crippen LogP) is 1.55. The van der Waals surface area contributed by atoms with Crippen LogP contribution in [0.3, 0.4) is 0 Å². The molecule has 1 saturated carbocycles. The fourth-order valence-corrected chi connectivity index (χ4v) is 2.69. The summed E-state index contributed by atoms with van der Waals surface area (Å²) in [6, 6.07) is 2.15. The van der Waals surface area contributed by atoms with E-state index in [0.717, 1.165) is 31.1 Å². The first-order valence-electron chi connectivity index (χ1n) is 6.86. The third-order valence-corrected chi connectivity index (χ3v) is 3.91. The van der Waals surface area contributed by atoms with Gasteiger partial charge in [0.15, 0.2) is 0 Å². The van der Waals surface area contributed by atoms with Crippen LogP contribution in [0.25, 0.3) is 0 Å². The number of hydrogen-bond donors (Lipinski definition) is 2. The number of nitrogens with zero attached hydrogens (tertiary/aromatic N) is 1. The standard InChI is InChI=1S/C14H19N3O2/c15-14(18)11-8-16-5-3-12(11)17-10-4-6-19-13(7-10)9-1-2-9/h3,5,8-10,13H,1-2,4,6-7H2,(H2,15,18)(H,16,17). The van der Waals surface area contributed by atoms with Crippen LogP contribution in [-0.4, -0.2) is 29.6 Å². The predicted molar refractivity (Wildman–Crippen MR) is 71.9 cm³/mol. The second kappa shape index (κ2) is 5.17. The molecule has 0 aromatic carbocycles. The van der Waals surface area contributed by atoms with E-state index in [1.165, 1.54) is 19.0 Å². The van der Waals surface area contributed by atoms with E-state index < -0.39 is 5.91 Å². The number of hydrogen-bond acceptors (Lipinski definition) is 4. The summed E-state index contributed by atoms with van der Waals surface area (Å²) in [5, 5.41) is 3.42. The van der Waals surface area contributed by atoms with Gasteiger partial charge in [-0.3, -0.25) is 9.78 Å². The van der Waals surface area contributed by atoms with Crippen molar-refractivity contribution in [2.75, 3.05) is 11.9 Å². The van der Waals surface area contributed by atoms with Crippen molar-refractivity contribution >= 4 is 11.6 Å². The minimum atomic E-state index is -0.443. The van der Waals surface area contributed by atoms with Gasteiger partial charge in [-0.25, -0.2) is 0 Å². The summed E-state index contributed by atoms with van der Waals surface area (Å²) in [5.41, 5.74) is 6.60. The number of pyridine rings is 1. The Morgan fingerprint density at radius 3 is 3.00 bits per heavy atom. The van der Waals surface area contributed by atoms with Crippen LogP contribution in [0.1, 0.15) is 36.0 Å². The van der Waals surface area contributed by atoms with Crippen LogP contribution in [-0.2, 0) is 4.74 Å². The molecule has 2 fully saturated rings. The molecular weight excluding hydrogens is 242 g/mol. The average molecular weight is 261 g/mol. The number of primary amides is 1. The first-order chi connectivity index (χ1) is 9.24. The van der Waals surface area contributed by atoms with Crippen LogP contribution in [0.2, 0.25) is 0 Å². The van der Waals surface area contributed by atoms with Crippen LogP contribution in [0, 0.1) is 5.92 Å². The van der Waals surface area contributed by atoms with Gasteiger partial charge in [-0.1, -0.05) is 0 Å². The fraction of sp³-hybridized carbons (Fsp3) is 0.571.